The molecule has 0 spiro atoms. The molecule has 2 bridgehead atoms. The van der Waals surface area contributed by atoms with Gasteiger partial charge in [0.2, 0.25) is 11.8 Å². The van der Waals surface area contributed by atoms with Crippen LogP contribution < -0.4 is 0 Å². The predicted octanol–water partition coefficient (Wildman–Crippen LogP) is 2.51. The molecule has 192 valence electrons. The van der Waals surface area contributed by atoms with Crippen LogP contribution in [0.2, 0.25) is 0 Å². The highest BCUT2D eigenvalue weighted by atomic mass is 32.2. The molecule has 0 aromatic heterocycles. The average Bonchev–Trinajstić information content (AvgIpc) is 2.99. The number of carbonyl (C=O) groups excluding carboxylic acids is 2. The van der Waals surface area contributed by atoms with E-state index in [4.69, 9.17) is 4.74 Å². The zero-order valence-electron chi connectivity index (χ0n) is 19.2. The van der Waals surface area contributed by atoms with Crippen molar-refractivity contribution < 1.29 is 50.3 Å². The number of carbonyl (C=O) groups is 2. The maximum absolute atomic E-state index is 13.4. The lowest BCUT2D eigenvalue weighted by Crippen LogP contribution is -2.50. The van der Waals surface area contributed by atoms with Gasteiger partial charge in [0.05, 0.1) is 5.41 Å². The largest absolute Gasteiger partial charge is 0.743 e. The first-order chi connectivity index (χ1) is 15.2. The summed E-state index contributed by atoms with van der Waals surface area (Å²) in [5, 5.41) is 4.07. The highest BCUT2D eigenvalue weighted by Gasteiger charge is 2.76. The highest BCUT2D eigenvalue weighted by Crippen LogP contribution is 2.65. The number of phenolic OH excluding ortho intramolecular Hbond substituents is 1. The number of alkyl halides is 3. The summed E-state index contributed by atoms with van der Waals surface area (Å²) in [6, 6.07) is 3.78. The molecule has 1 saturated heterocycles. The van der Waals surface area contributed by atoms with Crippen LogP contribution >= 0.6 is 0 Å². The normalized spacial score (nSPS) is 26.4. The van der Waals surface area contributed by atoms with Crippen molar-refractivity contribution in [2.24, 2.45) is 10.8 Å². The molecule has 1 aromatic rings. The van der Waals surface area contributed by atoms with Crippen LogP contribution in [-0.4, -0.2) is 53.6 Å². The van der Waals surface area contributed by atoms with E-state index in [0.29, 0.717) is 5.75 Å². The van der Waals surface area contributed by atoms with Crippen LogP contribution in [0.5, 0.6) is 5.75 Å². The van der Waals surface area contributed by atoms with Gasteiger partial charge < -0.3 is 19.1 Å². The first-order valence-corrected chi connectivity index (χ1v) is 12.1. The molecule has 1 aliphatic carbocycles. The molecule has 0 amide bonds. The van der Waals surface area contributed by atoms with Crippen molar-refractivity contribution in [2.75, 3.05) is 6.61 Å². The minimum Gasteiger partial charge on any atom is -0.743 e. The van der Waals surface area contributed by atoms with Gasteiger partial charge in [-0.05, 0) is 69.5 Å². The van der Waals surface area contributed by atoms with Crippen LogP contribution in [0.25, 0.3) is 0 Å². The number of hydrogen-bond donors (Lipinski definition) is 1. The molecule has 3 atom stereocenters. The summed E-state index contributed by atoms with van der Waals surface area (Å²) < 4.78 is 80.1. The molecule has 1 saturated carbocycles. The van der Waals surface area contributed by atoms with Crippen LogP contribution in [0.15, 0.2) is 17.0 Å². The molecule has 1 heterocycles. The third-order valence-electron chi connectivity index (χ3n) is 6.96. The van der Waals surface area contributed by atoms with E-state index >= 15 is 0 Å². The van der Waals surface area contributed by atoms with Crippen LogP contribution in [0.3, 0.4) is 0 Å². The molecule has 13 heteroatoms. The fourth-order valence-electron chi connectivity index (χ4n) is 4.18. The number of hydrogen-bond acceptors (Lipinski definition) is 8. The van der Waals surface area contributed by atoms with Crippen molar-refractivity contribution in [3.8, 4) is 5.75 Å². The number of aromatic hydroxyl groups is 1. The Morgan fingerprint density at radius 3 is 2.15 bits per heavy atom. The maximum atomic E-state index is 13.4. The van der Waals surface area contributed by atoms with E-state index in [2.05, 4.69) is 17.4 Å². The Morgan fingerprint density at radius 2 is 1.76 bits per heavy atom. The second-order valence-electron chi connectivity index (χ2n) is 9.21. The molecular weight excluding hydrogens is 501 g/mol. The Morgan fingerprint density at radius 1 is 1.26 bits per heavy atom. The van der Waals surface area contributed by atoms with Gasteiger partial charge in [0, 0.05) is 5.41 Å². The van der Waals surface area contributed by atoms with Crippen LogP contribution in [-0.2, 0) is 41.8 Å². The third kappa shape index (κ3) is 4.37. The van der Waals surface area contributed by atoms with E-state index in [1.807, 2.05) is 26.0 Å². The van der Waals surface area contributed by atoms with Gasteiger partial charge in [-0.25, -0.2) is 17.6 Å². The van der Waals surface area contributed by atoms with Gasteiger partial charge in [-0.1, -0.05) is 13.8 Å². The molecule has 1 aromatic carbocycles. The van der Waals surface area contributed by atoms with Crippen LogP contribution in [0.1, 0.15) is 44.7 Å². The molecule has 1 aliphatic heterocycles. The second kappa shape index (κ2) is 8.90. The van der Waals surface area contributed by atoms with E-state index in [9.17, 15) is 40.8 Å². The Balaban J connectivity index is 0.000000340. The Hall–Kier alpha value is -1.99. The SMILES string of the molecule is CC12CCC(C(=O)OCC(F)C(F)(F)S(=O)(=O)[O-])(OC1=O)C2(C)C.Cc1cc([SH2+])cc(C)c1O. The van der Waals surface area contributed by atoms with Gasteiger partial charge in [-0.15, -0.1) is 0 Å². The van der Waals surface area contributed by atoms with E-state index in [-0.39, 0.29) is 12.8 Å². The van der Waals surface area contributed by atoms with Crippen molar-refractivity contribution in [2.45, 2.75) is 69.4 Å². The summed E-state index contributed by atoms with van der Waals surface area (Å²) in [4.78, 5) is 25.2. The molecular formula is C21H27F3O8S2. The quantitative estimate of drug-likeness (QED) is 0.351. The van der Waals surface area contributed by atoms with E-state index < -0.39 is 56.5 Å². The fourth-order valence-corrected chi connectivity index (χ4v) is 4.99. The van der Waals surface area contributed by atoms with Gasteiger partial charge in [0.1, 0.15) is 12.4 Å². The highest BCUT2D eigenvalue weighted by molar-refractivity contribution is 7.86. The van der Waals surface area contributed by atoms with Gasteiger partial charge in [0.15, 0.2) is 15.0 Å². The Kier molecular flexibility index (Phi) is 7.40. The molecule has 8 nitrogen and oxygen atoms in total. The summed E-state index contributed by atoms with van der Waals surface area (Å²) in [6.07, 6.45) is -3.18. The number of esters is 2. The van der Waals surface area contributed by atoms with Crippen LogP contribution in [0.4, 0.5) is 13.2 Å². The number of phenols is 1. The third-order valence-corrected chi connectivity index (χ3v) is 8.17. The second-order valence-corrected chi connectivity index (χ2v) is 11.2. The van der Waals surface area contributed by atoms with Crippen molar-refractivity contribution >= 4 is 34.7 Å². The summed E-state index contributed by atoms with van der Waals surface area (Å²) in [6.45, 7) is 6.83. The molecule has 0 radical (unpaired) electrons. The zero-order chi connectivity index (χ0) is 26.5. The van der Waals surface area contributed by atoms with E-state index in [1.165, 1.54) is 0 Å². The maximum Gasteiger partial charge on any atom is 0.368 e. The predicted molar refractivity (Wildman–Crippen MR) is 116 cm³/mol. The number of ether oxygens (including phenoxy) is 2. The van der Waals surface area contributed by atoms with Gasteiger partial charge in [-0.2, -0.15) is 8.78 Å². The fraction of sp³-hybridized carbons (Fsp3) is 0.619. The smallest absolute Gasteiger partial charge is 0.368 e. The van der Waals surface area contributed by atoms with E-state index in [0.717, 1.165) is 16.0 Å². The molecule has 3 rings (SSSR count). The minimum absolute atomic E-state index is 0.0638. The summed E-state index contributed by atoms with van der Waals surface area (Å²) in [5.41, 5.74) is -1.96. The lowest BCUT2D eigenvalue weighted by molar-refractivity contribution is -0.186. The topological polar surface area (TPSA) is 130 Å². The number of rotatable bonds is 5. The number of aryl methyl sites for hydroxylation is 2. The summed E-state index contributed by atoms with van der Waals surface area (Å²) in [7, 11) is -6.26. The van der Waals surface area contributed by atoms with Crippen LogP contribution in [0, 0.1) is 24.7 Å². The van der Waals surface area contributed by atoms with Gasteiger partial charge in [-0.3, -0.25) is 4.79 Å². The number of benzene rings is 1. The molecule has 2 fully saturated rings. The van der Waals surface area contributed by atoms with Crippen molar-refractivity contribution in [1.29, 1.82) is 0 Å². The van der Waals surface area contributed by atoms with Crippen molar-refractivity contribution in [3.63, 3.8) is 0 Å². The van der Waals surface area contributed by atoms with Crippen molar-refractivity contribution in [3.05, 3.63) is 23.3 Å². The molecule has 34 heavy (non-hydrogen) atoms. The van der Waals surface area contributed by atoms with Gasteiger partial charge >= 0.3 is 17.2 Å². The monoisotopic (exact) mass is 528 g/mol. The minimum atomic E-state index is -6.26. The standard InChI is InChI=1S/C13H17F3O7S.C8H10OS/c1-10(2)11(3)4-5-12(10,23-8(11)17)9(18)22-6-7(14)13(15,16)24(19,20)21;1-5-3-7(10)4-6(2)8(5)9/h7H,4-6H2,1-3H3,(H,19,20,21);3-4,9-10H,1-2H3. The Bertz CT molecular complexity index is 1080. The first kappa shape index (κ1) is 28.2. The van der Waals surface area contributed by atoms with E-state index in [1.54, 1.807) is 20.8 Å². The molecule has 2 aliphatic rings. The lowest BCUT2D eigenvalue weighted by Gasteiger charge is -2.34. The molecule has 1 N–H and O–H groups in total. The van der Waals surface area contributed by atoms with Crippen molar-refractivity contribution in [1.82, 2.24) is 0 Å². The average molecular weight is 529 g/mol. The first-order valence-electron chi connectivity index (χ1n) is 10.1. The Labute approximate surface area is 201 Å². The summed E-state index contributed by atoms with van der Waals surface area (Å²) in [5.74, 6) is -1.51. The number of fused-ring (bicyclic) bond motifs is 2. The summed E-state index contributed by atoms with van der Waals surface area (Å²) >= 11 is 3.38. The number of halogens is 3. The molecule has 3 unspecified atom stereocenters. The zero-order valence-corrected chi connectivity index (χ0v) is 21.0. The van der Waals surface area contributed by atoms with Gasteiger partial charge in [0.25, 0.3) is 0 Å². The lowest BCUT2D eigenvalue weighted by atomic mass is 9.66.